The number of hydrogen-bond acceptors (Lipinski definition) is 3. The molecule has 0 saturated carbocycles. The first-order chi connectivity index (χ1) is 15.9. The Morgan fingerprint density at radius 1 is 0.879 bits per heavy atom. The normalized spacial score (nSPS) is 11.5. The Bertz CT molecular complexity index is 1400. The Morgan fingerprint density at radius 2 is 1.55 bits per heavy atom. The van der Waals surface area contributed by atoms with Crippen LogP contribution in [0.25, 0.3) is 10.8 Å². The van der Waals surface area contributed by atoms with Gasteiger partial charge in [-0.3, -0.25) is 4.79 Å². The smallest absolute Gasteiger partial charge is 0.258 e. The molecule has 1 N–H and O–H groups in total. The van der Waals surface area contributed by atoms with E-state index in [1.165, 1.54) is 29.2 Å². The van der Waals surface area contributed by atoms with E-state index in [1.54, 1.807) is 36.4 Å². The summed E-state index contributed by atoms with van der Waals surface area (Å²) < 4.78 is 42.1. The van der Waals surface area contributed by atoms with Gasteiger partial charge in [0.15, 0.2) is 0 Å². The Balaban J connectivity index is 1.58. The molecule has 0 aliphatic carbocycles. The molecule has 33 heavy (non-hydrogen) atoms. The van der Waals surface area contributed by atoms with Gasteiger partial charge >= 0.3 is 0 Å². The number of carbonyl (C=O) groups is 1. The summed E-state index contributed by atoms with van der Waals surface area (Å²) in [7, 11) is -3.82. The van der Waals surface area contributed by atoms with Crippen molar-refractivity contribution in [1.29, 1.82) is 0 Å². The second-order valence-corrected chi connectivity index (χ2v) is 9.36. The molecule has 0 fully saturated rings. The van der Waals surface area contributed by atoms with Gasteiger partial charge in [-0.05, 0) is 54.3 Å². The first-order valence-corrected chi connectivity index (χ1v) is 12.0. The van der Waals surface area contributed by atoms with Crippen LogP contribution in [0.5, 0.6) is 0 Å². The monoisotopic (exact) mass is 462 g/mol. The first-order valence-electron chi connectivity index (χ1n) is 10.5. The van der Waals surface area contributed by atoms with E-state index in [4.69, 9.17) is 0 Å². The zero-order chi connectivity index (χ0) is 23.4. The van der Waals surface area contributed by atoms with Gasteiger partial charge in [0.05, 0.1) is 4.90 Å². The van der Waals surface area contributed by atoms with Crippen LogP contribution < -0.4 is 9.62 Å². The molecule has 0 aromatic heterocycles. The van der Waals surface area contributed by atoms with Gasteiger partial charge in [0.1, 0.15) is 5.82 Å². The average molecular weight is 463 g/mol. The molecular weight excluding hydrogens is 439 g/mol. The molecule has 1 amide bonds. The third-order valence-electron chi connectivity index (χ3n) is 5.43. The van der Waals surface area contributed by atoms with Crippen LogP contribution in [-0.4, -0.2) is 27.4 Å². The highest BCUT2D eigenvalue weighted by Gasteiger charge is 2.21. The minimum atomic E-state index is -3.82. The van der Waals surface area contributed by atoms with E-state index in [-0.39, 0.29) is 23.9 Å². The van der Waals surface area contributed by atoms with E-state index in [9.17, 15) is 17.6 Å². The summed E-state index contributed by atoms with van der Waals surface area (Å²) in [6.07, 6.45) is 0. The van der Waals surface area contributed by atoms with Gasteiger partial charge in [-0.15, -0.1) is 0 Å². The largest absolute Gasteiger partial charge is 0.307 e. The molecule has 0 saturated heterocycles. The van der Waals surface area contributed by atoms with Crippen molar-refractivity contribution in [1.82, 2.24) is 4.72 Å². The Morgan fingerprint density at radius 3 is 2.30 bits per heavy atom. The van der Waals surface area contributed by atoms with E-state index in [1.807, 2.05) is 37.3 Å². The second kappa shape index (κ2) is 9.52. The second-order valence-electron chi connectivity index (χ2n) is 7.62. The highest BCUT2D eigenvalue weighted by Crippen LogP contribution is 2.23. The lowest BCUT2D eigenvalue weighted by atomic mass is 10.1. The molecular formula is C26H23FN2O3S. The van der Waals surface area contributed by atoms with Crippen LogP contribution in [0, 0.1) is 12.7 Å². The SMILES string of the molecule is Cc1ccccc1C(=O)N(CCNS(=O)(=O)c1cccc2ccccc12)c1ccc(F)cc1. The van der Waals surface area contributed by atoms with Crippen molar-refractivity contribution in [3.05, 3.63) is 108 Å². The van der Waals surface area contributed by atoms with E-state index in [0.717, 1.165) is 10.9 Å². The predicted molar refractivity (Wildman–Crippen MR) is 128 cm³/mol. The molecule has 7 heteroatoms. The van der Waals surface area contributed by atoms with Gasteiger partial charge in [-0.2, -0.15) is 0 Å². The number of anilines is 1. The third-order valence-corrected chi connectivity index (χ3v) is 6.94. The van der Waals surface area contributed by atoms with Crippen LogP contribution in [0.4, 0.5) is 10.1 Å². The van der Waals surface area contributed by atoms with Gasteiger partial charge < -0.3 is 4.90 Å². The zero-order valence-corrected chi connectivity index (χ0v) is 18.8. The van der Waals surface area contributed by atoms with Crippen LogP contribution >= 0.6 is 0 Å². The number of carbonyl (C=O) groups excluding carboxylic acids is 1. The number of fused-ring (bicyclic) bond motifs is 1. The summed E-state index contributed by atoms with van der Waals surface area (Å²) in [5.41, 5.74) is 1.78. The fraction of sp³-hybridized carbons (Fsp3) is 0.115. The lowest BCUT2D eigenvalue weighted by Crippen LogP contribution is -2.39. The average Bonchev–Trinajstić information content (AvgIpc) is 2.82. The third kappa shape index (κ3) is 4.94. The number of aryl methyl sites for hydroxylation is 1. The van der Waals surface area contributed by atoms with Crippen LogP contribution in [0.3, 0.4) is 0 Å². The van der Waals surface area contributed by atoms with E-state index in [0.29, 0.717) is 16.6 Å². The molecule has 0 spiro atoms. The van der Waals surface area contributed by atoms with Crippen molar-refractivity contribution >= 4 is 32.4 Å². The fourth-order valence-electron chi connectivity index (χ4n) is 3.73. The summed E-state index contributed by atoms with van der Waals surface area (Å²) in [4.78, 5) is 14.9. The maximum Gasteiger partial charge on any atom is 0.258 e. The molecule has 0 bridgehead atoms. The number of hydrogen-bond donors (Lipinski definition) is 1. The van der Waals surface area contributed by atoms with Crippen LogP contribution in [0.2, 0.25) is 0 Å². The molecule has 0 atom stereocenters. The molecule has 0 aliphatic rings. The summed E-state index contributed by atoms with van der Waals surface area (Å²) in [5.74, 6) is -0.706. The summed E-state index contributed by atoms with van der Waals surface area (Å²) in [6.45, 7) is 1.89. The minimum absolute atomic E-state index is 0.0133. The quantitative estimate of drug-likeness (QED) is 0.424. The molecule has 0 unspecified atom stereocenters. The first kappa shape index (κ1) is 22.6. The molecule has 4 rings (SSSR count). The minimum Gasteiger partial charge on any atom is -0.307 e. The lowest BCUT2D eigenvalue weighted by Gasteiger charge is -2.24. The summed E-state index contributed by atoms with van der Waals surface area (Å²) in [6, 6.07) is 25.1. The molecule has 0 aliphatic heterocycles. The van der Waals surface area contributed by atoms with Crippen molar-refractivity contribution in [3.8, 4) is 0 Å². The molecule has 5 nitrogen and oxygen atoms in total. The van der Waals surface area contributed by atoms with Crippen molar-refractivity contribution in [2.24, 2.45) is 0 Å². The Hall–Kier alpha value is -3.55. The predicted octanol–water partition coefficient (Wildman–Crippen LogP) is 4.91. The molecule has 0 radical (unpaired) electrons. The van der Waals surface area contributed by atoms with Crippen LogP contribution in [0.1, 0.15) is 15.9 Å². The summed E-state index contributed by atoms with van der Waals surface area (Å²) >= 11 is 0. The van der Waals surface area contributed by atoms with Crippen LogP contribution in [-0.2, 0) is 10.0 Å². The molecule has 4 aromatic carbocycles. The number of benzene rings is 4. The number of amides is 1. The number of halogens is 1. The number of rotatable bonds is 7. The molecule has 4 aromatic rings. The van der Waals surface area contributed by atoms with E-state index < -0.39 is 15.8 Å². The summed E-state index contributed by atoms with van der Waals surface area (Å²) in [5, 5.41) is 1.45. The standard InChI is InChI=1S/C26H23FN2O3S/c1-19-7-2-4-10-23(19)26(30)29(22-15-13-21(27)14-16-22)18-17-28-33(31,32)25-12-6-9-20-8-3-5-11-24(20)25/h2-16,28H,17-18H2,1H3. The van der Waals surface area contributed by atoms with Gasteiger partial charge in [0.25, 0.3) is 5.91 Å². The van der Waals surface area contributed by atoms with E-state index >= 15 is 0 Å². The van der Waals surface area contributed by atoms with Gasteiger partial charge in [0, 0.05) is 29.7 Å². The molecule has 168 valence electrons. The highest BCUT2D eigenvalue weighted by atomic mass is 32.2. The van der Waals surface area contributed by atoms with Gasteiger partial charge in [-0.25, -0.2) is 17.5 Å². The van der Waals surface area contributed by atoms with Crippen molar-refractivity contribution in [2.45, 2.75) is 11.8 Å². The van der Waals surface area contributed by atoms with Crippen LogP contribution in [0.15, 0.2) is 95.9 Å². The lowest BCUT2D eigenvalue weighted by molar-refractivity contribution is 0.0986. The van der Waals surface area contributed by atoms with Gasteiger partial charge in [0.2, 0.25) is 10.0 Å². The maximum absolute atomic E-state index is 13.5. The highest BCUT2D eigenvalue weighted by molar-refractivity contribution is 7.89. The fourth-order valence-corrected chi connectivity index (χ4v) is 4.98. The number of nitrogens with zero attached hydrogens (tertiary/aromatic N) is 1. The zero-order valence-electron chi connectivity index (χ0n) is 18.0. The maximum atomic E-state index is 13.5. The van der Waals surface area contributed by atoms with Crippen molar-refractivity contribution < 1.29 is 17.6 Å². The number of nitrogens with one attached hydrogen (secondary N) is 1. The molecule has 0 heterocycles. The van der Waals surface area contributed by atoms with E-state index in [2.05, 4.69) is 4.72 Å². The number of sulfonamides is 1. The topological polar surface area (TPSA) is 66.5 Å². The van der Waals surface area contributed by atoms with Gasteiger partial charge in [-0.1, -0.05) is 54.6 Å². The van der Waals surface area contributed by atoms with Crippen molar-refractivity contribution in [2.75, 3.05) is 18.0 Å². The van der Waals surface area contributed by atoms with Crippen molar-refractivity contribution in [3.63, 3.8) is 0 Å². The Kier molecular flexibility index (Phi) is 6.53. The Labute approximate surface area is 192 Å².